The van der Waals surface area contributed by atoms with Crippen molar-refractivity contribution in [3.63, 3.8) is 0 Å². The Morgan fingerprint density at radius 3 is 2.44 bits per heavy atom. The summed E-state index contributed by atoms with van der Waals surface area (Å²) in [6.07, 6.45) is -6.03. The third-order valence-corrected chi connectivity index (χ3v) is 6.17. The van der Waals surface area contributed by atoms with Gasteiger partial charge < -0.3 is 5.32 Å². The van der Waals surface area contributed by atoms with E-state index in [0.717, 1.165) is 36.2 Å². The Labute approximate surface area is 202 Å². The van der Waals surface area contributed by atoms with Gasteiger partial charge in [-0.2, -0.15) is 41.6 Å². The number of hydrogen-bond acceptors (Lipinski definition) is 6. The van der Waals surface area contributed by atoms with Crippen LogP contribution >= 0.6 is 11.6 Å². The van der Waals surface area contributed by atoms with Crippen LogP contribution in [0.3, 0.4) is 0 Å². The Balaban J connectivity index is 1.54. The molecule has 0 radical (unpaired) electrons. The molecule has 0 bridgehead atoms. The first-order valence-electron chi connectivity index (χ1n) is 10.2. The van der Waals surface area contributed by atoms with E-state index in [-0.39, 0.29) is 27.7 Å². The van der Waals surface area contributed by atoms with Crippen LogP contribution in [-0.2, 0) is 16.4 Å². The maximum atomic E-state index is 14.2. The fraction of sp³-hybridized carbons (Fsp3) is 0.300. The lowest BCUT2D eigenvalue weighted by molar-refractivity contribution is -0.187. The van der Waals surface area contributed by atoms with Crippen LogP contribution in [0.4, 0.5) is 32.0 Å². The average molecular weight is 531 g/mol. The van der Waals surface area contributed by atoms with E-state index in [1.165, 1.54) is 6.07 Å². The monoisotopic (exact) mass is 530 g/mol. The molecule has 0 fully saturated rings. The van der Waals surface area contributed by atoms with Crippen LogP contribution < -0.4 is 5.32 Å². The molecule has 2 atom stereocenters. The lowest BCUT2D eigenvalue weighted by Gasteiger charge is -2.28. The van der Waals surface area contributed by atoms with Gasteiger partial charge in [0.05, 0.1) is 35.9 Å². The lowest BCUT2D eigenvalue weighted by atomic mass is 9.85. The molecule has 188 valence electrons. The average Bonchev–Trinajstić information content (AvgIpc) is 3.50. The number of nitrogens with one attached hydrogen (secondary N) is 1. The molecule has 0 spiro atoms. The van der Waals surface area contributed by atoms with Crippen molar-refractivity contribution in [2.45, 2.75) is 37.0 Å². The number of alkyl halides is 6. The van der Waals surface area contributed by atoms with Gasteiger partial charge >= 0.3 is 12.4 Å². The van der Waals surface area contributed by atoms with Gasteiger partial charge in [-0.25, -0.2) is 14.5 Å². The zero-order valence-corrected chi connectivity index (χ0v) is 18.7. The third kappa shape index (κ3) is 3.73. The molecule has 9 nitrogen and oxygen atoms in total. The predicted molar refractivity (Wildman–Crippen MR) is 112 cm³/mol. The van der Waals surface area contributed by atoms with Gasteiger partial charge in [-0.05, 0) is 19.4 Å². The van der Waals surface area contributed by atoms with Gasteiger partial charge in [-0.1, -0.05) is 11.6 Å². The van der Waals surface area contributed by atoms with E-state index in [1.54, 1.807) is 0 Å². The Hall–Kier alpha value is -3.75. The maximum Gasteiger partial charge on any atom is 0.420 e. The fourth-order valence-electron chi connectivity index (χ4n) is 4.27. The van der Waals surface area contributed by atoms with Gasteiger partial charge in [0.2, 0.25) is 5.91 Å². The highest BCUT2D eigenvalue weighted by Gasteiger charge is 2.60. The van der Waals surface area contributed by atoms with Gasteiger partial charge in [0, 0.05) is 17.8 Å². The van der Waals surface area contributed by atoms with E-state index >= 15 is 0 Å². The molecule has 5 rings (SSSR count). The van der Waals surface area contributed by atoms with E-state index in [1.807, 2.05) is 0 Å². The molecule has 4 heterocycles. The second-order valence-electron chi connectivity index (χ2n) is 8.29. The molecule has 1 aliphatic rings. The molecular formula is C20H13ClF6N8O. The molecule has 1 amide bonds. The number of hydrogen-bond donors (Lipinski definition) is 1. The molecule has 0 aliphatic heterocycles. The Bertz CT molecular complexity index is 1480. The summed E-state index contributed by atoms with van der Waals surface area (Å²) in [5.74, 6) is -3.00. The standard InChI is InChI=1S/C20H13ClF6N8O/c1-18(20(25,26)27)6-10(11-8-28-14-5-13(21)33-34(14)15(11)18)17(36)32-9-4-12(19(22,23)24)16(29-7-9)35-30-2-3-31-35/h2-5,7-8,10H,6H2,1H3,(H,32,36)/t10-,18+/m1/s1. The normalized spacial score (nSPS) is 20.1. The molecule has 1 N–H and O–H groups in total. The van der Waals surface area contributed by atoms with Gasteiger partial charge in [0.25, 0.3) is 0 Å². The summed E-state index contributed by atoms with van der Waals surface area (Å²) in [5.41, 5.74) is -4.47. The fourth-order valence-corrected chi connectivity index (χ4v) is 4.45. The number of amides is 1. The molecule has 36 heavy (non-hydrogen) atoms. The van der Waals surface area contributed by atoms with Crippen LogP contribution in [0.1, 0.15) is 36.1 Å². The van der Waals surface area contributed by atoms with Crippen molar-refractivity contribution in [3.05, 3.63) is 58.9 Å². The van der Waals surface area contributed by atoms with Crippen LogP contribution in [0.15, 0.2) is 36.9 Å². The Kier molecular flexibility index (Phi) is 5.24. The summed E-state index contributed by atoms with van der Waals surface area (Å²) in [7, 11) is 0. The van der Waals surface area contributed by atoms with Crippen molar-refractivity contribution in [2.24, 2.45) is 0 Å². The van der Waals surface area contributed by atoms with Crippen LogP contribution in [0.25, 0.3) is 11.5 Å². The van der Waals surface area contributed by atoms with Crippen molar-refractivity contribution >= 4 is 28.8 Å². The Morgan fingerprint density at radius 1 is 1.11 bits per heavy atom. The smallest absolute Gasteiger partial charge is 0.324 e. The Morgan fingerprint density at radius 2 is 1.81 bits per heavy atom. The van der Waals surface area contributed by atoms with Crippen LogP contribution in [-0.4, -0.2) is 46.7 Å². The second kappa shape index (κ2) is 7.88. The maximum absolute atomic E-state index is 14.2. The largest absolute Gasteiger partial charge is 0.420 e. The van der Waals surface area contributed by atoms with Crippen molar-refractivity contribution < 1.29 is 31.1 Å². The number of fused-ring (bicyclic) bond motifs is 3. The SMILES string of the molecule is C[C@]1(C(F)(F)F)C[C@@H](C(=O)Nc2cnc(-n3nccn3)c(C(F)(F)F)c2)c2cnc3cc(Cl)nn3c21. The van der Waals surface area contributed by atoms with Crippen LogP contribution in [0, 0.1) is 0 Å². The van der Waals surface area contributed by atoms with Crippen LogP contribution in [0.5, 0.6) is 0 Å². The highest BCUT2D eigenvalue weighted by atomic mass is 35.5. The topological polar surface area (TPSA) is 103 Å². The zero-order valence-electron chi connectivity index (χ0n) is 17.9. The van der Waals surface area contributed by atoms with Crippen molar-refractivity contribution in [2.75, 3.05) is 5.32 Å². The van der Waals surface area contributed by atoms with Crippen molar-refractivity contribution in [1.29, 1.82) is 0 Å². The number of aromatic nitrogens is 7. The van der Waals surface area contributed by atoms with Crippen molar-refractivity contribution in [1.82, 2.24) is 34.6 Å². The number of pyridine rings is 1. The van der Waals surface area contributed by atoms with Crippen LogP contribution in [0.2, 0.25) is 5.15 Å². The first-order chi connectivity index (χ1) is 16.8. The highest BCUT2D eigenvalue weighted by molar-refractivity contribution is 6.29. The molecule has 0 aromatic carbocycles. The van der Waals surface area contributed by atoms with E-state index < -0.39 is 47.4 Å². The molecule has 0 unspecified atom stereocenters. The minimum Gasteiger partial charge on any atom is -0.324 e. The molecule has 4 aromatic heterocycles. The number of rotatable bonds is 3. The summed E-state index contributed by atoms with van der Waals surface area (Å²) in [6.45, 7) is 0.920. The van der Waals surface area contributed by atoms with E-state index in [0.29, 0.717) is 10.9 Å². The molecule has 0 saturated carbocycles. The summed E-state index contributed by atoms with van der Waals surface area (Å²) >= 11 is 5.86. The molecule has 0 saturated heterocycles. The van der Waals surface area contributed by atoms with E-state index in [2.05, 4.69) is 30.6 Å². The number of nitrogens with zero attached hydrogens (tertiary/aromatic N) is 7. The number of carbonyl (C=O) groups is 1. The van der Waals surface area contributed by atoms with Gasteiger partial charge in [0.1, 0.15) is 11.0 Å². The van der Waals surface area contributed by atoms with Gasteiger partial charge in [-0.15, -0.1) is 4.80 Å². The van der Waals surface area contributed by atoms with E-state index in [9.17, 15) is 31.1 Å². The van der Waals surface area contributed by atoms with Gasteiger partial charge in [0.15, 0.2) is 16.6 Å². The molecular weight excluding hydrogens is 518 g/mol. The summed E-state index contributed by atoms with van der Waals surface area (Å²) in [6, 6.07) is 1.88. The summed E-state index contributed by atoms with van der Waals surface area (Å²) in [4.78, 5) is 21.5. The first kappa shape index (κ1) is 24.0. The minimum atomic E-state index is -4.89. The minimum absolute atomic E-state index is 0.0529. The lowest BCUT2D eigenvalue weighted by Crippen LogP contribution is -2.39. The predicted octanol–water partition coefficient (Wildman–Crippen LogP) is 4.32. The quantitative estimate of drug-likeness (QED) is 0.396. The molecule has 16 heteroatoms. The second-order valence-corrected chi connectivity index (χ2v) is 8.67. The van der Waals surface area contributed by atoms with Crippen molar-refractivity contribution in [3.8, 4) is 5.82 Å². The van der Waals surface area contributed by atoms with Gasteiger partial charge in [-0.3, -0.25) is 4.79 Å². The highest BCUT2D eigenvalue weighted by Crippen LogP contribution is 2.54. The number of carbonyl (C=O) groups excluding carboxylic acids is 1. The zero-order chi connectivity index (χ0) is 26.0. The molecule has 4 aromatic rings. The number of halogens is 7. The first-order valence-corrected chi connectivity index (χ1v) is 10.5. The summed E-state index contributed by atoms with van der Waals surface area (Å²) in [5, 5.41) is 13.3. The van der Waals surface area contributed by atoms with E-state index in [4.69, 9.17) is 11.6 Å². The third-order valence-electron chi connectivity index (χ3n) is 5.98. The number of anilines is 1. The summed E-state index contributed by atoms with van der Waals surface area (Å²) < 4.78 is 84.6. The molecule has 1 aliphatic carbocycles.